The average molecular weight is 325 g/mol. The molecule has 0 saturated carbocycles. The molecule has 136 valence electrons. The maximum absolute atomic E-state index is 2.54. The number of hydrogen-bond acceptors (Lipinski definition) is 0. The normalized spacial score (nSPS) is 25.3. The highest BCUT2D eigenvalue weighted by Crippen LogP contribution is 2.36. The predicted octanol–water partition coefficient (Wildman–Crippen LogP) is 4.97. The number of likely N-dealkylation sites (tertiary alicyclic amines) is 2. The van der Waals surface area contributed by atoms with Gasteiger partial charge in [0.1, 0.15) is 0 Å². The zero-order chi connectivity index (χ0) is 17.2. The number of quaternary nitrogens is 2. The van der Waals surface area contributed by atoms with E-state index in [-0.39, 0.29) is 0 Å². The van der Waals surface area contributed by atoms with E-state index in [9.17, 15) is 0 Å². The molecule has 2 saturated heterocycles. The van der Waals surface area contributed by atoms with Crippen molar-refractivity contribution in [3.63, 3.8) is 0 Å². The van der Waals surface area contributed by atoms with Gasteiger partial charge in [-0.1, -0.05) is 0 Å². The van der Waals surface area contributed by atoms with Crippen LogP contribution in [0.25, 0.3) is 0 Å². The topological polar surface area (TPSA) is 0 Å². The third-order valence-electron chi connectivity index (χ3n) is 8.11. The molecular formula is C21H44N2+2. The van der Waals surface area contributed by atoms with Crippen LogP contribution < -0.4 is 0 Å². The van der Waals surface area contributed by atoms with Crippen molar-refractivity contribution in [3.05, 3.63) is 0 Å². The Morgan fingerprint density at radius 3 is 1.22 bits per heavy atom. The van der Waals surface area contributed by atoms with Crippen molar-refractivity contribution in [2.45, 2.75) is 96.6 Å². The van der Waals surface area contributed by atoms with Gasteiger partial charge in [0.05, 0.1) is 51.4 Å². The molecule has 0 aliphatic carbocycles. The van der Waals surface area contributed by atoms with Crippen LogP contribution in [0, 0.1) is 0 Å². The van der Waals surface area contributed by atoms with Gasteiger partial charge in [-0.2, -0.15) is 0 Å². The van der Waals surface area contributed by atoms with E-state index >= 15 is 0 Å². The van der Waals surface area contributed by atoms with Crippen molar-refractivity contribution in [3.8, 4) is 0 Å². The smallest absolute Gasteiger partial charge is 0.0933 e. The molecule has 0 aromatic rings. The van der Waals surface area contributed by atoms with E-state index in [1.54, 1.807) is 0 Å². The van der Waals surface area contributed by atoms with Gasteiger partial charge in [0.15, 0.2) is 0 Å². The highest BCUT2D eigenvalue weighted by molar-refractivity contribution is 4.77. The molecule has 2 rings (SSSR count). The molecule has 2 heterocycles. The second-order valence-corrected chi connectivity index (χ2v) is 10.3. The Morgan fingerprint density at radius 2 is 0.870 bits per heavy atom. The van der Waals surface area contributed by atoms with E-state index in [4.69, 9.17) is 0 Å². The summed E-state index contributed by atoms with van der Waals surface area (Å²) in [5, 5.41) is 0. The molecule has 23 heavy (non-hydrogen) atoms. The monoisotopic (exact) mass is 324 g/mol. The zero-order valence-electron chi connectivity index (χ0n) is 17.1. The predicted molar refractivity (Wildman–Crippen MR) is 102 cm³/mol. The van der Waals surface area contributed by atoms with Gasteiger partial charge >= 0.3 is 0 Å². The Bertz CT molecular complexity index is 369. The second kappa shape index (κ2) is 7.04. The van der Waals surface area contributed by atoms with Crippen molar-refractivity contribution in [2.75, 3.05) is 40.3 Å². The summed E-state index contributed by atoms with van der Waals surface area (Å²) in [4.78, 5) is 0. The molecule has 2 aliphatic heterocycles. The SMILES string of the molecule is CC(C)(CCCC(C)(C)[N+]1(C)CCCC1)[N+]1(C)CCCCCC1. The Balaban J connectivity index is 1.91. The van der Waals surface area contributed by atoms with E-state index in [0.717, 1.165) is 0 Å². The lowest BCUT2D eigenvalue weighted by Gasteiger charge is -2.49. The summed E-state index contributed by atoms with van der Waals surface area (Å²) in [6, 6.07) is 0. The highest BCUT2D eigenvalue weighted by atomic mass is 15.4. The first kappa shape index (κ1) is 19.2. The molecule has 2 heteroatoms. The fourth-order valence-corrected chi connectivity index (χ4v) is 5.12. The van der Waals surface area contributed by atoms with Gasteiger partial charge < -0.3 is 8.97 Å². The minimum absolute atomic E-state index is 0.435. The average Bonchev–Trinajstić information content (AvgIpc) is 2.78. The molecule has 2 aliphatic rings. The third kappa shape index (κ3) is 4.12. The largest absolute Gasteiger partial charge is 0.322 e. The maximum Gasteiger partial charge on any atom is 0.0933 e. The molecule has 0 atom stereocenters. The van der Waals surface area contributed by atoms with Crippen LogP contribution in [0.4, 0.5) is 0 Å². The van der Waals surface area contributed by atoms with Crippen LogP contribution >= 0.6 is 0 Å². The number of nitrogens with zero attached hydrogens (tertiary/aromatic N) is 2. The van der Waals surface area contributed by atoms with Gasteiger partial charge in [0, 0.05) is 25.7 Å². The molecular weight excluding hydrogens is 280 g/mol. The molecule has 0 aromatic carbocycles. The van der Waals surface area contributed by atoms with Crippen LogP contribution in [0.1, 0.15) is 85.5 Å². The minimum atomic E-state index is 0.435. The van der Waals surface area contributed by atoms with Crippen molar-refractivity contribution in [1.82, 2.24) is 0 Å². The van der Waals surface area contributed by atoms with Crippen molar-refractivity contribution < 1.29 is 8.97 Å². The lowest BCUT2D eigenvalue weighted by molar-refractivity contribution is -0.956. The molecule has 0 amide bonds. The lowest BCUT2D eigenvalue weighted by atomic mass is 9.86. The van der Waals surface area contributed by atoms with Crippen LogP contribution in [-0.2, 0) is 0 Å². The van der Waals surface area contributed by atoms with Gasteiger partial charge in [-0.25, -0.2) is 0 Å². The van der Waals surface area contributed by atoms with E-state index in [2.05, 4.69) is 41.8 Å². The van der Waals surface area contributed by atoms with Crippen molar-refractivity contribution in [2.24, 2.45) is 0 Å². The summed E-state index contributed by atoms with van der Waals surface area (Å²) in [6.45, 7) is 15.7. The quantitative estimate of drug-likeness (QED) is 0.605. The summed E-state index contributed by atoms with van der Waals surface area (Å²) in [7, 11) is 5.03. The summed E-state index contributed by atoms with van der Waals surface area (Å²) in [5.41, 5.74) is 0.883. The first-order valence-electron chi connectivity index (χ1n) is 10.3. The summed E-state index contributed by atoms with van der Waals surface area (Å²) in [6.07, 6.45) is 12.8. The fourth-order valence-electron chi connectivity index (χ4n) is 5.12. The fraction of sp³-hybridized carbons (Fsp3) is 1.00. The van der Waals surface area contributed by atoms with Crippen LogP contribution in [0.15, 0.2) is 0 Å². The van der Waals surface area contributed by atoms with Crippen molar-refractivity contribution >= 4 is 0 Å². The zero-order valence-corrected chi connectivity index (χ0v) is 17.1. The van der Waals surface area contributed by atoms with Gasteiger partial charge in [0.2, 0.25) is 0 Å². The Hall–Kier alpha value is -0.0800. The first-order chi connectivity index (χ1) is 10.6. The molecule has 0 spiro atoms. The van der Waals surface area contributed by atoms with Gasteiger partial charge in [-0.15, -0.1) is 0 Å². The van der Waals surface area contributed by atoms with E-state index in [1.807, 2.05) is 0 Å². The van der Waals surface area contributed by atoms with E-state index < -0.39 is 0 Å². The molecule has 2 nitrogen and oxygen atoms in total. The Kier molecular flexibility index (Phi) is 5.89. The number of hydrogen-bond donors (Lipinski definition) is 0. The van der Waals surface area contributed by atoms with Crippen LogP contribution in [0.3, 0.4) is 0 Å². The van der Waals surface area contributed by atoms with E-state index in [0.29, 0.717) is 11.1 Å². The van der Waals surface area contributed by atoms with Crippen LogP contribution in [0.2, 0.25) is 0 Å². The summed E-state index contributed by atoms with van der Waals surface area (Å²) >= 11 is 0. The van der Waals surface area contributed by atoms with Crippen LogP contribution in [-0.4, -0.2) is 60.3 Å². The first-order valence-corrected chi connectivity index (χ1v) is 10.3. The lowest BCUT2D eigenvalue weighted by Crippen LogP contribution is -2.60. The minimum Gasteiger partial charge on any atom is -0.322 e. The maximum atomic E-state index is 2.54. The summed E-state index contributed by atoms with van der Waals surface area (Å²) < 4.78 is 2.61. The van der Waals surface area contributed by atoms with Crippen molar-refractivity contribution in [1.29, 1.82) is 0 Å². The molecule has 2 fully saturated rings. The van der Waals surface area contributed by atoms with Gasteiger partial charge in [0.25, 0.3) is 0 Å². The molecule has 0 aromatic heterocycles. The number of rotatable bonds is 6. The Labute approximate surface area is 146 Å². The second-order valence-electron chi connectivity index (χ2n) is 10.3. The van der Waals surface area contributed by atoms with Gasteiger partial charge in [-0.05, 0) is 59.8 Å². The highest BCUT2D eigenvalue weighted by Gasteiger charge is 2.44. The Morgan fingerprint density at radius 1 is 0.565 bits per heavy atom. The molecule has 0 N–H and O–H groups in total. The molecule has 0 radical (unpaired) electrons. The standard InChI is InChI=1S/C21H44N2/c1-20(2,22(5)16-9-7-8-10-17-22)14-13-15-21(3,4)23(6)18-11-12-19-23/h7-19H2,1-6H3/q+2. The summed E-state index contributed by atoms with van der Waals surface area (Å²) in [5.74, 6) is 0. The van der Waals surface area contributed by atoms with Crippen LogP contribution in [0.5, 0.6) is 0 Å². The van der Waals surface area contributed by atoms with Gasteiger partial charge in [-0.3, -0.25) is 0 Å². The molecule has 0 bridgehead atoms. The third-order valence-corrected chi connectivity index (χ3v) is 8.11. The molecule has 0 unspecified atom stereocenters. The van der Waals surface area contributed by atoms with E-state index in [1.165, 1.54) is 92.9 Å².